The molecule has 0 saturated carbocycles. The van der Waals surface area contributed by atoms with Gasteiger partial charge in [-0.3, -0.25) is 4.68 Å². The van der Waals surface area contributed by atoms with Crippen LogP contribution in [0.1, 0.15) is 18.2 Å². The molecule has 0 aliphatic carbocycles. The molecule has 0 amide bonds. The zero-order valence-corrected chi connectivity index (χ0v) is 12.5. The SMILES string of the molecule is CCN(CCn1cc(CNC)nn1)c1cccc(C)c1. The quantitative estimate of drug-likeness (QED) is 0.836. The van der Waals surface area contributed by atoms with Gasteiger partial charge in [-0.1, -0.05) is 17.3 Å². The predicted molar refractivity (Wildman–Crippen MR) is 81.9 cm³/mol. The van der Waals surface area contributed by atoms with Crippen molar-refractivity contribution in [1.29, 1.82) is 0 Å². The first kappa shape index (κ1) is 14.5. The Hall–Kier alpha value is -1.88. The van der Waals surface area contributed by atoms with Gasteiger partial charge in [-0.25, -0.2) is 0 Å². The minimum Gasteiger partial charge on any atom is -0.370 e. The zero-order chi connectivity index (χ0) is 14.4. The number of rotatable bonds is 7. The van der Waals surface area contributed by atoms with E-state index in [9.17, 15) is 0 Å². The van der Waals surface area contributed by atoms with Gasteiger partial charge in [-0.15, -0.1) is 5.10 Å². The maximum atomic E-state index is 4.15. The molecule has 5 heteroatoms. The molecule has 1 aromatic carbocycles. The lowest BCUT2D eigenvalue weighted by Gasteiger charge is -2.23. The van der Waals surface area contributed by atoms with E-state index in [1.165, 1.54) is 11.3 Å². The van der Waals surface area contributed by atoms with Crippen LogP contribution in [0.3, 0.4) is 0 Å². The second-order valence-electron chi connectivity index (χ2n) is 4.92. The summed E-state index contributed by atoms with van der Waals surface area (Å²) in [7, 11) is 1.91. The first-order valence-corrected chi connectivity index (χ1v) is 7.08. The van der Waals surface area contributed by atoms with Gasteiger partial charge >= 0.3 is 0 Å². The fourth-order valence-corrected chi connectivity index (χ4v) is 2.23. The van der Waals surface area contributed by atoms with Crippen molar-refractivity contribution < 1.29 is 0 Å². The molecular weight excluding hydrogens is 250 g/mol. The van der Waals surface area contributed by atoms with Crippen LogP contribution in [0.25, 0.3) is 0 Å². The molecule has 0 spiro atoms. The number of likely N-dealkylation sites (N-methyl/N-ethyl adjacent to an activating group) is 1. The molecule has 0 bridgehead atoms. The Bertz CT molecular complexity index is 535. The first-order chi connectivity index (χ1) is 9.72. The molecular formula is C15H23N5. The smallest absolute Gasteiger partial charge is 0.0964 e. The summed E-state index contributed by atoms with van der Waals surface area (Å²) < 4.78 is 1.91. The summed E-state index contributed by atoms with van der Waals surface area (Å²) in [5.41, 5.74) is 3.53. The molecule has 20 heavy (non-hydrogen) atoms. The van der Waals surface area contributed by atoms with Gasteiger partial charge in [-0.2, -0.15) is 0 Å². The number of nitrogens with one attached hydrogen (secondary N) is 1. The maximum absolute atomic E-state index is 4.15. The minimum absolute atomic E-state index is 0.759. The Morgan fingerprint density at radius 1 is 1.35 bits per heavy atom. The molecule has 1 aromatic heterocycles. The summed E-state index contributed by atoms with van der Waals surface area (Å²) in [6.07, 6.45) is 2.00. The molecule has 2 aromatic rings. The lowest BCUT2D eigenvalue weighted by molar-refractivity contribution is 0.578. The van der Waals surface area contributed by atoms with Gasteiger partial charge in [0.15, 0.2) is 0 Å². The van der Waals surface area contributed by atoms with Gasteiger partial charge in [0.1, 0.15) is 0 Å². The third-order valence-electron chi connectivity index (χ3n) is 3.29. The van der Waals surface area contributed by atoms with Crippen molar-refractivity contribution >= 4 is 5.69 Å². The van der Waals surface area contributed by atoms with Crippen molar-refractivity contribution in [2.24, 2.45) is 0 Å². The van der Waals surface area contributed by atoms with E-state index < -0.39 is 0 Å². The zero-order valence-electron chi connectivity index (χ0n) is 12.5. The summed E-state index contributed by atoms with van der Waals surface area (Å²) in [5.74, 6) is 0. The van der Waals surface area contributed by atoms with Crippen LogP contribution in [0.15, 0.2) is 30.5 Å². The average molecular weight is 273 g/mol. The standard InChI is InChI=1S/C15H23N5/c1-4-19(15-7-5-6-13(2)10-15)8-9-20-12-14(11-16-3)17-18-20/h5-7,10,12,16H,4,8-9,11H2,1-3H3. The van der Waals surface area contributed by atoms with Gasteiger partial charge in [0.05, 0.1) is 12.2 Å². The van der Waals surface area contributed by atoms with Crippen molar-refractivity contribution in [3.63, 3.8) is 0 Å². The Morgan fingerprint density at radius 2 is 2.20 bits per heavy atom. The highest BCUT2D eigenvalue weighted by Gasteiger charge is 2.06. The molecule has 5 nitrogen and oxygen atoms in total. The molecule has 0 unspecified atom stereocenters. The summed E-state index contributed by atoms with van der Waals surface area (Å²) in [6.45, 7) is 7.83. The second-order valence-corrected chi connectivity index (χ2v) is 4.92. The summed E-state index contributed by atoms with van der Waals surface area (Å²) in [6, 6.07) is 8.61. The van der Waals surface area contributed by atoms with Crippen molar-refractivity contribution in [1.82, 2.24) is 20.3 Å². The van der Waals surface area contributed by atoms with Crippen molar-refractivity contribution in [2.75, 3.05) is 25.0 Å². The van der Waals surface area contributed by atoms with E-state index in [0.717, 1.165) is 31.9 Å². The van der Waals surface area contributed by atoms with E-state index in [2.05, 4.69) is 58.6 Å². The predicted octanol–water partition coefficient (Wildman–Crippen LogP) is 1.83. The monoisotopic (exact) mass is 273 g/mol. The molecule has 0 aliphatic rings. The minimum atomic E-state index is 0.759. The number of anilines is 1. The van der Waals surface area contributed by atoms with Crippen molar-refractivity contribution in [3.05, 3.63) is 41.7 Å². The highest BCUT2D eigenvalue weighted by Crippen LogP contribution is 2.15. The highest BCUT2D eigenvalue weighted by molar-refractivity contribution is 5.48. The van der Waals surface area contributed by atoms with Crippen molar-refractivity contribution in [2.45, 2.75) is 26.9 Å². The van der Waals surface area contributed by atoms with E-state index in [0.29, 0.717) is 0 Å². The van der Waals surface area contributed by atoms with Crippen LogP contribution in [0.4, 0.5) is 5.69 Å². The van der Waals surface area contributed by atoms with Crippen LogP contribution in [-0.4, -0.2) is 35.1 Å². The summed E-state index contributed by atoms with van der Waals surface area (Å²) in [4.78, 5) is 2.35. The van der Waals surface area contributed by atoms with Crippen molar-refractivity contribution in [3.8, 4) is 0 Å². The lowest BCUT2D eigenvalue weighted by atomic mass is 10.2. The molecule has 0 saturated heterocycles. The number of aryl methyl sites for hydroxylation is 1. The van der Waals surface area contributed by atoms with E-state index in [-0.39, 0.29) is 0 Å². The number of hydrogen-bond acceptors (Lipinski definition) is 4. The molecule has 108 valence electrons. The van der Waals surface area contributed by atoms with E-state index in [1.807, 2.05) is 17.9 Å². The second kappa shape index (κ2) is 7.05. The summed E-state index contributed by atoms with van der Waals surface area (Å²) >= 11 is 0. The normalized spacial score (nSPS) is 10.8. The lowest BCUT2D eigenvalue weighted by Crippen LogP contribution is -2.27. The Kier molecular flexibility index (Phi) is 5.12. The first-order valence-electron chi connectivity index (χ1n) is 7.08. The van der Waals surface area contributed by atoms with Crippen LogP contribution >= 0.6 is 0 Å². The number of benzene rings is 1. The topological polar surface area (TPSA) is 46.0 Å². The van der Waals surface area contributed by atoms with Gasteiger partial charge in [0.2, 0.25) is 0 Å². The Morgan fingerprint density at radius 3 is 2.90 bits per heavy atom. The molecule has 0 atom stereocenters. The van der Waals surface area contributed by atoms with Gasteiger partial charge in [0, 0.05) is 31.5 Å². The molecule has 0 fully saturated rings. The average Bonchev–Trinajstić information content (AvgIpc) is 2.88. The van der Waals surface area contributed by atoms with Crippen LogP contribution in [0.5, 0.6) is 0 Å². The van der Waals surface area contributed by atoms with Crippen LogP contribution in [0, 0.1) is 6.92 Å². The molecule has 0 aliphatic heterocycles. The number of aromatic nitrogens is 3. The fraction of sp³-hybridized carbons (Fsp3) is 0.467. The largest absolute Gasteiger partial charge is 0.370 e. The number of hydrogen-bond donors (Lipinski definition) is 1. The Labute approximate surface area is 120 Å². The van der Waals surface area contributed by atoms with Crippen LogP contribution < -0.4 is 10.2 Å². The highest BCUT2D eigenvalue weighted by atomic mass is 15.4. The molecule has 0 radical (unpaired) electrons. The fourth-order valence-electron chi connectivity index (χ4n) is 2.23. The Balaban J connectivity index is 1.96. The molecule has 2 rings (SSSR count). The van der Waals surface area contributed by atoms with E-state index >= 15 is 0 Å². The maximum Gasteiger partial charge on any atom is 0.0964 e. The van der Waals surface area contributed by atoms with E-state index in [4.69, 9.17) is 0 Å². The van der Waals surface area contributed by atoms with Gasteiger partial charge in [0.25, 0.3) is 0 Å². The van der Waals surface area contributed by atoms with Gasteiger partial charge < -0.3 is 10.2 Å². The van der Waals surface area contributed by atoms with E-state index in [1.54, 1.807) is 0 Å². The third kappa shape index (κ3) is 3.81. The van der Waals surface area contributed by atoms with Gasteiger partial charge in [-0.05, 0) is 38.6 Å². The molecule has 1 heterocycles. The van der Waals surface area contributed by atoms with Crippen LogP contribution in [-0.2, 0) is 13.1 Å². The molecule has 1 N–H and O–H groups in total. The van der Waals surface area contributed by atoms with Crippen LogP contribution in [0.2, 0.25) is 0 Å². The number of nitrogens with zero attached hydrogens (tertiary/aromatic N) is 4. The third-order valence-corrected chi connectivity index (χ3v) is 3.29. The summed E-state index contributed by atoms with van der Waals surface area (Å²) in [5, 5.41) is 11.4.